The van der Waals surface area contributed by atoms with Crippen LogP contribution < -0.4 is 4.74 Å². The van der Waals surface area contributed by atoms with Crippen LogP contribution in [-0.4, -0.2) is 29.5 Å². The van der Waals surface area contributed by atoms with E-state index in [1.54, 1.807) is 7.11 Å². The molecule has 1 aromatic rings. The first-order valence-corrected chi connectivity index (χ1v) is 8.00. The van der Waals surface area contributed by atoms with Crippen LogP contribution in [0.15, 0.2) is 24.3 Å². The summed E-state index contributed by atoms with van der Waals surface area (Å²) < 4.78 is 5.42. The van der Waals surface area contributed by atoms with Crippen molar-refractivity contribution in [1.29, 1.82) is 0 Å². The van der Waals surface area contributed by atoms with Gasteiger partial charge >= 0.3 is 0 Å². The molecule has 0 bridgehead atoms. The second-order valence-electron chi connectivity index (χ2n) is 6.45. The molecule has 1 aliphatic rings. The Kier molecular flexibility index (Phi) is 5.28. The Hall–Kier alpha value is -1.06. The monoisotopic (exact) mass is 292 g/mol. The van der Waals surface area contributed by atoms with Gasteiger partial charge in [0.25, 0.3) is 0 Å². The minimum atomic E-state index is -0.700. The average molecular weight is 292 g/mol. The molecule has 21 heavy (non-hydrogen) atoms. The van der Waals surface area contributed by atoms with E-state index in [-0.39, 0.29) is 12.5 Å². The highest BCUT2D eigenvalue weighted by Crippen LogP contribution is 2.45. The van der Waals surface area contributed by atoms with E-state index in [1.807, 2.05) is 24.3 Å². The Morgan fingerprint density at radius 1 is 1.33 bits per heavy atom. The quantitative estimate of drug-likeness (QED) is 0.877. The zero-order valence-electron chi connectivity index (χ0n) is 13.4. The van der Waals surface area contributed by atoms with E-state index in [1.165, 1.54) is 0 Å². The molecule has 0 aromatic heterocycles. The number of benzene rings is 1. The summed E-state index contributed by atoms with van der Waals surface area (Å²) in [6.07, 6.45) is 3.19. The van der Waals surface area contributed by atoms with Crippen LogP contribution in [0.3, 0.4) is 0 Å². The van der Waals surface area contributed by atoms with Crippen molar-refractivity contribution in [2.75, 3.05) is 13.7 Å². The number of para-hydroxylation sites is 1. The number of aliphatic hydroxyl groups excluding tert-OH is 1. The number of hydrogen-bond donors (Lipinski definition) is 2. The van der Waals surface area contributed by atoms with Gasteiger partial charge in [0, 0.05) is 13.0 Å². The fourth-order valence-corrected chi connectivity index (χ4v) is 4.11. The molecule has 0 amide bonds. The highest BCUT2D eigenvalue weighted by atomic mass is 16.5. The minimum absolute atomic E-state index is 0.216. The summed E-state index contributed by atoms with van der Waals surface area (Å²) in [6, 6.07) is 7.93. The highest BCUT2D eigenvalue weighted by molar-refractivity contribution is 5.34. The van der Waals surface area contributed by atoms with Crippen LogP contribution in [0.25, 0.3) is 0 Å². The fraction of sp³-hybridized carbons (Fsp3) is 0.667. The van der Waals surface area contributed by atoms with Gasteiger partial charge in [-0.25, -0.2) is 0 Å². The fourth-order valence-electron chi connectivity index (χ4n) is 4.11. The van der Waals surface area contributed by atoms with E-state index < -0.39 is 5.60 Å². The van der Waals surface area contributed by atoms with Gasteiger partial charge in [-0.1, -0.05) is 38.5 Å². The number of aliphatic hydroxyl groups is 2. The molecule has 3 heteroatoms. The largest absolute Gasteiger partial charge is 0.496 e. The smallest absolute Gasteiger partial charge is 0.122 e. The van der Waals surface area contributed by atoms with Gasteiger partial charge in [-0.2, -0.15) is 0 Å². The van der Waals surface area contributed by atoms with E-state index in [2.05, 4.69) is 13.8 Å². The second kappa shape index (κ2) is 6.80. The van der Waals surface area contributed by atoms with Gasteiger partial charge < -0.3 is 14.9 Å². The number of hydrogen-bond acceptors (Lipinski definition) is 3. The molecule has 0 heterocycles. The molecule has 1 fully saturated rings. The molecule has 1 aliphatic carbocycles. The predicted molar refractivity (Wildman–Crippen MR) is 84.4 cm³/mol. The maximum atomic E-state index is 11.3. The van der Waals surface area contributed by atoms with Crippen molar-refractivity contribution in [2.24, 2.45) is 17.8 Å². The number of ether oxygens (including phenoxy) is 1. The summed E-state index contributed by atoms with van der Waals surface area (Å²) in [5.41, 5.74) is 0.365. The second-order valence-corrected chi connectivity index (χ2v) is 6.45. The molecular weight excluding hydrogens is 264 g/mol. The van der Waals surface area contributed by atoms with Crippen LogP contribution in [0.1, 0.15) is 38.7 Å². The van der Waals surface area contributed by atoms with Gasteiger partial charge in [-0.3, -0.25) is 0 Å². The lowest BCUT2D eigenvalue weighted by molar-refractivity contribution is -0.0967. The van der Waals surface area contributed by atoms with Gasteiger partial charge in [0.1, 0.15) is 5.75 Å². The topological polar surface area (TPSA) is 49.7 Å². The van der Waals surface area contributed by atoms with Gasteiger partial charge in [-0.05, 0) is 42.2 Å². The normalized spacial score (nSPS) is 32.9. The van der Waals surface area contributed by atoms with Crippen molar-refractivity contribution < 1.29 is 14.9 Å². The van der Waals surface area contributed by atoms with E-state index in [4.69, 9.17) is 4.74 Å². The lowest BCUT2D eigenvalue weighted by Crippen LogP contribution is -2.49. The molecule has 2 rings (SSSR count). The molecule has 3 nitrogen and oxygen atoms in total. The summed E-state index contributed by atoms with van der Waals surface area (Å²) >= 11 is 0. The van der Waals surface area contributed by atoms with E-state index in [0.29, 0.717) is 18.3 Å². The first-order valence-electron chi connectivity index (χ1n) is 8.00. The van der Waals surface area contributed by atoms with Crippen LogP contribution in [0.2, 0.25) is 0 Å². The molecule has 0 spiro atoms. The zero-order chi connectivity index (χ0) is 15.5. The van der Waals surface area contributed by atoms with Gasteiger partial charge in [0.05, 0.1) is 12.7 Å². The maximum absolute atomic E-state index is 11.3. The number of rotatable bonds is 5. The molecular formula is C18H28O3. The van der Waals surface area contributed by atoms with Crippen molar-refractivity contribution in [3.8, 4) is 5.75 Å². The summed E-state index contributed by atoms with van der Waals surface area (Å²) in [5.74, 6) is 1.72. The lowest BCUT2D eigenvalue weighted by atomic mass is 9.62. The Balaban J connectivity index is 2.24. The molecule has 0 radical (unpaired) electrons. The van der Waals surface area contributed by atoms with Crippen molar-refractivity contribution in [1.82, 2.24) is 0 Å². The molecule has 0 saturated heterocycles. The third-order valence-corrected chi connectivity index (χ3v) is 5.38. The van der Waals surface area contributed by atoms with Gasteiger partial charge in [-0.15, -0.1) is 0 Å². The summed E-state index contributed by atoms with van der Waals surface area (Å²) in [5, 5.41) is 20.8. The Morgan fingerprint density at radius 3 is 2.67 bits per heavy atom. The maximum Gasteiger partial charge on any atom is 0.122 e. The average Bonchev–Trinajstić information content (AvgIpc) is 2.48. The molecule has 1 saturated carbocycles. The van der Waals surface area contributed by atoms with E-state index in [0.717, 1.165) is 30.6 Å². The first-order chi connectivity index (χ1) is 10.1. The van der Waals surface area contributed by atoms with E-state index in [9.17, 15) is 10.2 Å². The molecule has 0 aliphatic heterocycles. The van der Waals surface area contributed by atoms with Crippen molar-refractivity contribution >= 4 is 0 Å². The van der Waals surface area contributed by atoms with Gasteiger partial charge in [0.2, 0.25) is 0 Å². The molecule has 2 N–H and O–H groups in total. The molecule has 4 atom stereocenters. The Morgan fingerprint density at radius 2 is 2.05 bits per heavy atom. The van der Waals surface area contributed by atoms with Crippen LogP contribution in [-0.2, 0) is 6.42 Å². The van der Waals surface area contributed by atoms with Crippen molar-refractivity contribution in [2.45, 2.75) is 45.1 Å². The standard InChI is InChI=1S/C18H28O3/c1-4-16-13(2)15(12-19)9-10-18(16,20)11-14-7-5-6-8-17(14)21-3/h5-8,13,15-16,19-20H,4,9-12H2,1-3H3. The first kappa shape index (κ1) is 16.3. The Bertz CT molecular complexity index is 460. The minimum Gasteiger partial charge on any atom is -0.496 e. The summed E-state index contributed by atoms with van der Waals surface area (Å²) in [4.78, 5) is 0. The third-order valence-electron chi connectivity index (χ3n) is 5.38. The lowest BCUT2D eigenvalue weighted by Gasteiger charge is -2.47. The SMILES string of the molecule is CCC1C(C)C(CO)CCC1(O)Cc1ccccc1OC. The van der Waals surface area contributed by atoms with Crippen LogP contribution in [0.4, 0.5) is 0 Å². The summed E-state index contributed by atoms with van der Waals surface area (Å²) in [7, 11) is 1.67. The predicted octanol–water partition coefficient (Wildman–Crippen LogP) is 3.03. The van der Waals surface area contributed by atoms with Crippen LogP contribution in [0, 0.1) is 17.8 Å². The van der Waals surface area contributed by atoms with Crippen molar-refractivity contribution in [3.63, 3.8) is 0 Å². The number of methoxy groups -OCH3 is 1. The Labute approximate surface area is 128 Å². The molecule has 1 aromatic carbocycles. The molecule has 118 valence electrons. The van der Waals surface area contributed by atoms with E-state index >= 15 is 0 Å². The third kappa shape index (κ3) is 3.24. The van der Waals surface area contributed by atoms with Gasteiger partial charge in [0.15, 0.2) is 0 Å². The molecule has 4 unspecified atom stereocenters. The van der Waals surface area contributed by atoms with Crippen LogP contribution >= 0.6 is 0 Å². The van der Waals surface area contributed by atoms with Crippen LogP contribution in [0.5, 0.6) is 5.75 Å². The van der Waals surface area contributed by atoms with Crippen molar-refractivity contribution in [3.05, 3.63) is 29.8 Å². The zero-order valence-corrected chi connectivity index (χ0v) is 13.4. The highest BCUT2D eigenvalue weighted by Gasteiger charge is 2.45. The summed E-state index contributed by atoms with van der Waals surface area (Å²) in [6.45, 7) is 4.53.